The molecule has 0 fully saturated rings. The van der Waals surface area contributed by atoms with E-state index in [1.54, 1.807) is 6.07 Å². The number of aryl methyl sites for hydroxylation is 1. The molecule has 1 atom stereocenters. The van der Waals surface area contributed by atoms with Crippen LogP contribution in [0.3, 0.4) is 0 Å². The molecular formula is C21H23N3O2S. The van der Waals surface area contributed by atoms with Gasteiger partial charge in [0.15, 0.2) is 5.13 Å². The van der Waals surface area contributed by atoms with E-state index >= 15 is 0 Å². The van der Waals surface area contributed by atoms with Gasteiger partial charge in [-0.05, 0) is 43.0 Å². The summed E-state index contributed by atoms with van der Waals surface area (Å²) in [5, 5.41) is 6.29. The van der Waals surface area contributed by atoms with E-state index in [1.807, 2.05) is 63.2 Å². The Labute approximate surface area is 162 Å². The van der Waals surface area contributed by atoms with Gasteiger partial charge in [0.25, 0.3) is 5.91 Å². The first-order chi connectivity index (χ1) is 12.9. The summed E-state index contributed by atoms with van der Waals surface area (Å²) >= 11 is 1.42. The Morgan fingerprint density at radius 1 is 1.07 bits per heavy atom. The highest BCUT2D eigenvalue weighted by molar-refractivity contribution is 7.22. The van der Waals surface area contributed by atoms with Crippen LogP contribution in [0.25, 0.3) is 10.2 Å². The Hall–Kier alpha value is -2.73. The minimum Gasteiger partial charge on any atom is -0.340 e. The van der Waals surface area contributed by atoms with Gasteiger partial charge in [0, 0.05) is 5.56 Å². The lowest BCUT2D eigenvalue weighted by atomic mass is 10.0. The van der Waals surface area contributed by atoms with Gasteiger partial charge in [0.2, 0.25) is 5.91 Å². The van der Waals surface area contributed by atoms with Crippen LogP contribution < -0.4 is 10.6 Å². The lowest BCUT2D eigenvalue weighted by Gasteiger charge is -2.20. The van der Waals surface area contributed by atoms with E-state index in [9.17, 15) is 9.59 Å². The quantitative estimate of drug-likeness (QED) is 0.665. The van der Waals surface area contributed by atoms with Gasteiger partial charge in [-0.1, -0.05) is 55.5 Å². The Bertz CT molecular complexity index is 932. The average Bonchev–Trinajstić information content (AvgIpc) is 3.03. The molecule has 0 saturated heterocycles. The first-order valence-electron chi connectivity index (χ1n) is 8.97. The molecule has 2 amide bonds. The van der Waals surface area contributed by atoms with Crippen molar-refractivity contribution >= 4 is 38.5 Å². The molecule has 0 bridgehead atoms. The maximum absolute atomic E-state index is 12.8. The second-order valence-corrected chi connectivity index (χ2v) is 7.98. The van der Waals surface area contributed by atoms with Gasteiger partial charge in [-0.3, -0.25) is 9.59 Å². The van der Waals surface area contributed by atoms with Crippen LogP contribution >= 0.6 is 11.3 Å². The number of carbonyl (C=O) groups is 2. The molecule has 0 aliphatic carbocycles. The topological polar surface area (TPSA) is 71.1 Å². The summed E-state index contributed by atoms with van der Waals surface area (Å²) in [6.07, 6.45) is 0.550. The lowest BCUT2D eigenvalue weighted by molar-refractivity contribution is -0.118. The van der Waals surface area contributed by atoms with E-state index in [1.165, 1.54) is 11.3 Å². The molecule has 5 nitrogen and oxygen atoms in total. The number of fused-ring (bicyclic) bond motifs is 1. The molecular weight excluding hydrogens is 358 g/mol. The Morgan fingerprint density at radius 2 is 1.78 bits per heavy atom. The molecule has 1 aromatic heterocycles. The molecule has 2 aromatic carbocycles. The van der Waals surface area contributed by atoms with Gasteiger partial charge in [-0.2, -0.15) is 0 Å². The smallest absolute Gasteiger partial charge is 0.252 e. The molecule has 0 aliphatic rings. The van der Waals surface area contributed by atoms with Crippen LogP contribution in [0.15, 0.2) is 48.5 Å². The summed E-state index contributed by atoms with van der Waals surface area (Å²) < 4.78 is 1.01. The standard InChI is InChI=1S/C21H23N3O2S/c1-13(2)12-17(22-19(25)15-9-5-4-8-14(15)3)20(26)24-21-23-16-10-6-7-11-18(16)27-21/h4-11,13,17H,12H2,1-3H3,(H,22,25)(H,23,24,26). The number of nitrogens with zero attached hydrogens (tertiary/aromatic N) is 1. The summed E-state index contributed by atoms with van der Waals surface area (Å²) in [4.78, 5) is 29.9. The van der Waals surface area contributed by atoms with Gasteiger partial charge in [-0.25, -0.2) is 4.98 Å². The van der Waals surface area contributed by atoms with E-state index in [0.717, 1.165) is 15.8 Å². The number of benzene rings is 2. The van der Waals surface area contributed by atoms with E-state index in [0.29, 0.717) is 17.1 Å². The Balaban J connectivity index is 1.76. The largest absolute Gasteiger partial charge is 0.340 e. The third-order valence-electron chi connectivity index (χ3n) is 4.24. The van der Waals surface area contributed by atoms with Crippen molar-refractivity contribution in [3.63, 3.8) is 0 Å². The third kappa shape index (κ3) is 4.71. The maximum Gasteiger partial charge on any atom is 0.252 e. The number of para-hydroxylation sites is 1. The average molecular weight is 382 g/mol. The van der Waals surface area contributed by atoms with Crippen molar-refractivity contribution < 1.29 is 9.59 Å². The minimum absolute atomic E-state index is 0.238. The van der Waals surface area contributed by atoms with Crippen LogP contribution in [-0.4, -0.2) is 22.8 Å². The molecule has 140 valence electrons. The molecule has 3 aromatic rings. The number of amides is 2. The molecule has 0 radical (unpaired) electrons. The first kappa shape index (κ1) is 19.0. The number of hydrogen-bond donors (Lipinski definition) is 2. The number of thiazole rings is 1. The highest BCUT2D eigenvalue weighted by Crippen LogP contribution is 2.25. The summed E-state index contributed by atoms with van der Waals surface area (Å²) in [5.74, 6) is -0.226. The van der Waals surface area contributed by atoms with Gasteiger partial charge in [0.05, 0.1) is 10.2 Å². The monoisotopic (exact) mass is 381 g/mol. The lowest BCUT2D eigenvalue weighted by Crippen LogP contribution is -2.44. The van der Waals surface area contributed by atoms with Crippen molar-refractivity contribution in [1.29, 1.82) is 0 Å². The van der Waals surface area contributed by atoms with Crippen LogP contribution in [0.1, 0.15) is 36.2 Å². The summed E-state index contributed by atoms with van der Waals surface area (Å²) in [5.41, 5.74) is 2.31. The maximum atomic E-state index is 12.8. The number of hydrogen-bond acceptors (Lipinski definition) is 4. The Kier molecular flexibility index (Phi) is 5.86. The molecule has 3 rings (SSSR count). The zero-order valence-corrected chi connectivity index (χ0v) is 16.5. The summed E-state index contributed by atoms with van der Waals surface area (Å²) in [6.45, 7) is 5.93. The van der Waals surface area contributed by atoms with Gasteiger partial charge < -0.3 is 10.6 Å². The number of rotatable bonds is 6. The van der Waals surface area contributed by atoms with Crippen molar-refractivity contribution in [2.45, 2.75) is 33.2 Å². The second-order valence-electron chi connectivity index (χ2n) is 6.95. The highest BCUT2D eigenvalue weighted by atomic mass is 32.1. The summed E-state index contributed by atoms with van der Waals surface area (Å²) in [7, 11) is 0. The Morgan fingerprint density at radius 3 is 2.48 bits per heavy atom. The minimum atomic E-state index is -0.621. The molecule has 6 heteroatoms. The zero-order chi connectivity index (χ0) is 19.4. The van der Waals surface area contributed by atoms with Gasteiger partial charge >= 0.3 is 0 Å². The molecule has 2 N–H and O–H groups in total. The molecule has 1 heterocycles. The van der Waals surface area contributed by atoms with E-state index in [2.05, 4.69) is 15.6 Å². The third-order valence-corrected chi connectivity index (χ3v) is 5.19. The number of aromatic nitrogens is 1. The van der Waals surface area contributed by atoms with Crippen molar-refractivity contribution in [2.75, 3.05) is 5.32 Å². The van der Waals surface area contributed by atoms with Crippen molar-refractivity contribution in [2.24, 2.45) is 5.92 Å². The fraction of sp³-hybridized carbons (Fsp3) is 0.286. The van der Waals surface area contributed by atoms with Gasteiger partial charge in [0.1, 0.15) is 6.04 Å². The summed E-state index contributed by atoms with van der Waals surface area (Å²) in [6, 6.07) is 14.5. The highest BCUT2D eigenvalue weighted by Gasteiger charge is 2.24. The van der Waals surface area contributed by atoms with Crippen molar-refractivity contribution in [3.05, 3.63) is 59.7 Å². The van der Waals surface area contributed by atoms with Crippen molar-refractivity contribution in [3.8, 4) is 0 Å². The molecule has 1 unspecified atom stereocenters. The predicted octanol–water partition coefficient (Wildman–Crippen LogP) is 4.39. The van der Waals surface area contributed by atoms with Crippen LogP contribution in [0.2, 0.25) is 0 Å². The van der Waals surface area contributed by atoms with Crippen LogP contribution in [0.4, 0.5) is 5.13 Å². The molecule has 27 heavy (non-hydrogen) atoms. The van der Waals surface area contributed by atoms with E-state index in [4.69, 9.17) is 0 Å². The number of carbonyl (C=O) groups excluding carboxylic acids is 2. The van der Waals surface area contributed by atoms with Crippen LogP contribution in [0, 0.1) is 12.8 Å². The van der Waals surface area contributed by atoms with Crippen LogP contribution in [-0.2, 0) is 4.79 Å². The van der Waals surface area contributed by atoms with E-state index < -0.39 is 6.04 Å². The normalized spacial score (nSPS) is 12.1. The fourth-order valence-corrected chi connectivity index (χ4v) is 3.75. The second kappa shape index (κ2) is 8.31. The number of nitrogens with one attached hydrogen (secondary N) is 2. The molecule has 0 spiro atoms. The number of anilines is 1. The van der Waals surface area contributed by atoms with Crippen LogP contribution in [0.5, 0.6) is 0 Å². The zero-order valence-electron chi connectivity index (χ0n) is 15.7. The fourth-order valence-electron chi connectivity index (χ4n) is 2.88. The first-order valence-corrected chi connectivity index (χ1v) is 9.78. The van der Waals surface area contributed by atoms with E-state index in [-0.39, 0.29) is 17.7 Å². The molecule has 0 aliphatic heterocycles. The van der Waals surface area contributed by atoms with Crippen molar-refractivity contribution in [1.82, 2.24) is 10.3 Å². The predicted molar refractivity (Wildman–Crippen MR) is 110 cm³/mol. The van der Waals surface area contributed by atoms with Gasteiger partial charge in [-0.15, -0.1) is 0 Å². The SMILES string of the molecule is Cc1ccccc1C(=O)NC(CC(C)C)C(=O)Nc1nc2ccccc2s1. The molecule has 0 saturated carbocycles.